The van der Waals surface area contributed by atoms with Gasteiger partial charge in [0, 0.05) is 19.1 Å². The molecule has 3 fully saturated rings. The Balaban J connectivity index is 1.48. The molecular weight excluding hydrogens is 268 g/mol. The predicted molar refractivity (Wildman–Crippen MR) is 78.9 cm³/mol. The Morgan fingerprint density at radius 3 is 1.95 bits per heavy atom. The van der Waals surface area contributed by atoms with E-state index in [1.54, 1.807) is 0 Å². The average Bonchev–Trinajstić information content (AvgIpc) is 3.34. The number of hydrogen-bond acceptors (Lipinski definition) is 2. The fraction of sp³-hybridized carbons (Fsp3) is 0.875. The zero-order valence-corrected chi connectivity index (χ0v) is 12.8. The lowest BCUT2D eigenvalue weighted by molar-refractivity contribution is -0.142. The van der Waals surface area contributed by atoms with Gasteiger partial charge in [-0.2, -0.15) is 0 Å². The number of aliphatic carboxylic acids is 1. The van der Waals surface area contributed by atoms with Gasteiger partial charge in [0.05, 0.1) is 5.92 Å². The highest BCUT2D eigenvalue weighted by Gasteiger charge is 2.45. The molecule has 0 aromatic rings. The van der Waals surface area contributed by atoms with E-state index in [9.17, 15) is 9.59 Å². The van der Waals surface area contributed by atoms with E-state index in [0.717, 1.165) is 24.7 Å². The molecule has 0 radical (unpaired) electrons. The molecule has 3 aliphatic rings. The van der Waals surface area contributed by atoms with Gasteiger partial charge in [-0.25, -0.2) is 4.79 Å². The molecule has 2 amide bonds. The molecular formula is C16H26N2O3. The van der Waals surface area contributed by atoms with Crippen molar-refractivity contribution in [1.82, 2.24) is 10.2 Å². The number of carboxylic acid groups (broad SMARTS) is 1. The van der Waals surface area contributed by atoms with Crippen molar-refractivity contribution in [2.45, 2.75) is 63.5 Å². The molecule has 21 heavy (non-hydrogen) atoms. The lowest BCUT2D eigenvalue weighted by Gasteiger charge is -2.32. The zero-order chi connectivity index (χ0) is 15.0. The van der Waals surface area contributed by atoms with E-state index in [1.165, 1.54) is 25.7 Å². The fourth-order valence-corrected chi connectivity index (χ4v) is 3.79. The van der Waals surface area contributed by atoms with Crippen molar-refractivity contribution in [3.05, 3.63) is 0 Å². The van der Waals surface area contributed by atoms with Crippen molar-refractivity contribution in [3.8, 4) is 0 Å². The summed E-state index contributed by atoms with van der Waals surface area (Å²) in [4.78, 5) is 25.3. The molecule has 0 saturated heterocycles. The Bertz CT molecular complexity index is 398. The van der Waals surface area contributed by atoms with Gasteiger partial charge in [-0.3, -0.25) is 4.79 Å². The van der Waals surface area contributed by atoms with Crippen molar-refractivity contribution in [3.63, 3.8) is 0 Å². The number of urea groups is 1. The minimum Gasteiger partial charge on any atom is -0.481 e. The number of nitrogens with zero attached hydrogens (tertiary/aromatic N) is 1. The highest BCUT2D eigenvalue weighted by Crippen LogP contribution is 2.46. The Kier molecular flexibility index (Phi) is 4.09. The lowest BCUT2D eigenvalue weighted by atomic mass is 9.86. The third-order valence-electron chi connectivity index (χ3n) is 5.38. The van der Waals surface area contributed by atoms with Crippen LogP contribution in [0.1, 0.15) is 51.4 Å². The van der Waals surface area contributed by atoms with Crippen LogP contribution in [0.4, 0.5) is 4.79 Å². The molecule has 3 saturated carbocycles. The van der Waals surface area contributed by atoms with E-state index >= 15 is 0 Å². The van der Waals surface area contributed by atoms with E-state index in [-0.39, 0.29) is 18.0 Å². The monoisotopic (exact) mass is 294 g/mol. The largest absolute Gasteiger partial charge is 0.481 e. The van der Waals surface area contributed by atoms with E-state index < -0.39 is 5.97 Å². The van der Waals surface area contributed by atoms with Crippen LogP contribution in [0.25, 0.3) is 0 Å². The lowest BCUT2D eigenvalue weighted by Crippen LogP contribution is -2.49. The second kappa shape index (κ2) is 5.85. The summed E-state index contributed by atoms with van der Waals surface area (Å²) in [5.41, 5.74) is 0. The predicted octanol–water partition coefficient (Wildman–Crippen LogP) is 2.46. The van der Waals surface area contributed by atoms with E-state index in [1.807, 2.05) is 11.9 Å². The van der Waals surface area contributed by atoms with E-state index in [4.69, 9.17) is 5.11 Å². The molecule has 0 aromatic carbocycles. The smallest absolute Gasteiger partial charge is 0.317 e. The summed E-state index contributed by atoms with van der Waals surface area (Å²) in [5, 5.41) is 12.1. The first-order valence-electron chi connectivity index (χ1n) is 8.32. The molecule has 5 nitrogen and oxygen atoms in total. The maximum Gasteiger partial charge on any atom is 0.317 e. The number of nitrogens with one attached hydrogen (secondary N) is 1. The van der Waals surface area contributed by atoms with Crippen molar-refractivity contribution < 1.29 is 14.7 Å². The third kappa shape index (κ3) is 3.50. The second-order valence-corrected chi connectivity index (χ2v) is 7.11. The molecule has 118 valence electrons. The van der Waals surface area contributed by atoms with Crippen LogP contribution in [0.2, 0.25) is 0 Å². The molecule has 0 spiro atoms. The quantitative estimate of drug-likeness (QED) is 0.818. The fourth-order valence-electron chi connectivity index (χ4n) is 3.79. The third-order valence-corrected chi connectivity index (χ3v) is 5.38. The van der Waals surface area contributed by atoms with Crippen molar-refractivity contribution in [2.24, 2.45) is 17.8 Å². The first-order chi connectivity index (χ1) is 10.1. The molecule has 3 aliphatic carbocycles. The van der Waals surface area contributed by atoms with Gasteiger partial charge in [-0.1, -0.05) is 0 Å². The van der Waals surface area contributed by atoms with Crippen molar-refractivity contribution >= 4 is 12.0 Å². The van der Waals surface area contributed by atoms with Crippen molar-refractivity contribution in [2.75, 3.05) is 7.05 Å². The summed E-state index contributed by atoms with van der Waals surface area (Å²) >= 11 is 0. The second-order valence-electron chi connectivity index (χ2n) is 7.11. The summed E-state index contributed by atoms with van der Waals surface area (Å²) < 4.78 is 0. The van der Waals surface area contributed by atoms with Crippen LogP contribution in [0, 0.1) is 17.8 Å². The average molecular weight is 294 g/mol. The number of amides is 2. The van der Waals surface area contributed by atoms with Crippen LogP contribution in [0.5, 0.6) is 0 Å². The zero-order valence-electron chi connectivity index (χ0n) is 12.8. The Morgan fingerprint density at radius 1 is 1.00 bits per heavy atom. The van der Waals surface area contributed by atoms with Gasteiger partial charge in [-0.05, 0) is 63.2 Å². The van der Waals surface area contributed by atoms with Crippen LogP contribution in [0.15, 0.2) is 0 Å². The molecule has 2 N–H and O–H groups in total. The molecule has 0 heterocycles. The van der Waals surface area contributed by atoms with Crippen LogP contribution >= 0.6 is 0 Å². The van der Waals surface area contributed by atoms with Gasteiger partial charge in [0.1, 0.15) is 0 Å². The van der Waals surface area contributed by atoms with Crippen LogP contribution < -0.4 is 5.32 Å². The first-order valence-corrected chi connectivity index (χ1v) is 8.32. The summed E-state index contributed by atoms with van der Waals surface area (Å²) in [6, 6.07) is 0.618. The molecule has 3 rings (SSSR count). The number of carbonyl (C=O) groups excluding carboxylic acids is 1. The number of carboxylic acids is 1. The summed E-state index contributed by atoms with van der Waals surface area (Å²) in [6.07, 6.45) is 8.00. The molecule has 0 bridgehead atoms. The van der Waals surface area contributed by atoms with E-state index in [0.29, 0.717) is 18.9 Å². The van der Waals surface area contributed by atoms with Gasteiger partial charge in [-0.15, -0.1) is 0 Å². The highest BCUT2D eigenvalue weighted by atomic mass is 16.4. The Morgan fingerprint density at radius 2 is 1.52 bits per heavy atom. The van der Waals surface area contributed by atoms with Crippen LogP contribution in [0.3, 0.4) is 0 Å². The summed E-state index contributed by atoms with van der Waals surface area (Å²) in [6.45, 7) is 0. The minimum atomic E-state index is -0.695. The summed E-state index contributed by atoms with van der Waals surface area (Å²) in [7, 11) is 1.93. The number of rotatable bonds is 5. The minimum absolute atomic E-state index is 0.0394. The molecule has 5 heteroatoms. The van der Waals surface area contributed by atoms with Gasteiger partial charge < -0.3 is 15.3 Å². The van der Waals surface area contributed by atoms with Gasteiger partial charge in [0.2, 0.25) is 0 Å². The maximum absolute atomic E-state index is 12.4. The van der Waals surface area contributed by atoms with Gasteiger partial charge in [0.15, 0.2) is 0 Å². The maximum atomic E-state index is 12.4. The van der Waals surface area contributed by atoms with Gasteiger partial charge in [0.25, 0.3) is 0 Å². The Hall–Kier alpha value is -1.26. The highest BCUT2D eigenvalue weighted by molar-refractivity contribution is 5.75. The van der Waals surface area contributed by atoms with Crippen LogP contribution in [-0.4, -0.2) is 41.1 Å². The van der Waals surface area contributed by atoms with Crippen molar-refractivity contribution in [1.29, 1.82) is 0 Å². The van der Waals surface area contributed by atoms with Crippen LogP contribution in [-0.2, 0) is 4.79 Å². The van der Waals surface area contributed by atoms with E-state index in [2.05, 4.69) is 5.32 Å². The SMILES string of the molecule is CN(C(=O)NC1CCC(C(=O)O)CC1)C(C1CC1)C1CC1. The standard InChI is InChI=1S/C16H26N2O3/c1-18(14(10-2-3-10)11-4-5-11)16(21)17-13-8-6-12(7-9-13)15(19)20/h10-14H,2-9H2,1H3,(H,17,21)(H,19,20). The molecule has 0 aliphatic heterocycles. The topological polar surface area (TPSA) is 69.6 Å². The number of hydrogen-bond donors (Lipinski definition) is 2. The normalized spacial score (nSPS) is 29.2. The first kappa shape index (κ1) is 14.7. The number of carbonyl (C=O) groups is 2. The molecule has 0 aromatic heterocycles. The summed E-state index contributed by atoms with van der Waals surface area (Å²) in [5.74, 6) is 0.521. The molecule has 0 atom stereocenters. The van der Waals surface area contributed by atoms with Gasteiger partial charge >= 0.3 is 12.0 Å². The molecule has 0 unspecified atom stereocenters. The Labute approximate surface area is 126 Å².